The van der Waals surface area contributed by atoms with Gasteiger partial charge in [-0.3, -0.25) is 9.89 Å². The third kappa shape index (κ3) is 5.22. The van der Waals surface area contributed by atoms with Gasteiger partial charge in [0.2, 0.25) is 0 Å². The number of hydrogen-bond donors (Lipinski definition) is 2. The van der Waals surface area contributed by atoms with E-state index in [0.717, 1.165) is 32.0 Å². The molecule has 5 heteroatoms. The molecule has 1 heterocycles. The van der Waals surface area contributed by atoms with E-state index in [1.807, 2.05) is 6.07 Å². The van der Waals surface area contributed by atoms with Gasteiger partial charge in [-0.25, -0.2) is 0 Å². The van der Waals surface area contributed by atoms with E-state index in [1.165, 1.54) is 11.1 Å². The quantitative estimate of drug-likeness (QED) is 0.646. The Morgan fingerprint density at radius 1 is 1.26 bits per heavy atom. The van der Waals surface area contributed by atoms with Crippen molar-refractivity contribution < 1.29 is 4.74 Å². The molecule has 1 aromatic carbocycles. The van der Waals surface area contributed by atoms with Gasteiger partial charge in [0.1, 0.15) is 0 Å². The number of hydrogen-bond acceptors (Lipinski definition) is 3. The molecule has 1 fully saturated rings. The van der Waals surface area contributed by atoms with Crippen LogP contribution in [0.2, 0.25) is 0 Å². The summed E-state index contributed by atoms with van der Waals surface area (Å²) >= 11 is 0. The van der Waals surface area contributed by atoms with Gasteiger partial charge in [0.25, 0.3) is 0 Å². The lowest BCUT2D eigenvalue weighted by Crippen LogP contribution is -2.47. The Morgan fingerprint density at radius 2 is 1.96 bits per heavy atom. The summed E-state index contributed by atoms with van der Waals surface area (Å²) in [4.78, 5) is 7.03. The first-order valence-electron chi connectivity index (χ1n) is 8.43. The van der Waals surface area contributed by atoms with Crippen molar-refractivity contribution >= 4 is 11.6 Å². The van der Waals surface area contributed by atoms with E-state index in [0.29, 0.717) is 24.5 Å². The Kier molecular flexibility index (Phi) is 6.42. The molecule has 0 bridgehead atoms. The number of nitrogens with one attached hydrogen (secondary N) is 1. The highest BCUT2D eigenvalue weighted by atomic mass is 16.5. The minimum absolute atomic E-state index is 0.402. The molecule has 0 aromatic heterocycles. The molecule has 128 valence electrons. The maximum absolute atomic E-state index is 6.07. The average molecular weight is 318 g/mol. The van der Waals surface area contributed by atoms with Crippen LogP contribution in [-0.4, -0.2) is 49.7 Å². The molecule has 0 radical (unpaired) electrons. The van der Waals surface area contributed by atoms with Crippen molar-refractivity contribution in [1.82, 2.24) is 4.90 Å². The molecule has 0 spiro atoms. The van der Waals surface area contributed by atoms with Crippen LogP contribution in [0, 0.1) is 19.8 Å². The number of nitrogens with two attached hydrogens (primary N) is 1. The van der Waals surface area contributed by atoms with Gasteiger partial charge < -0.3 is 15.8 Å². The minimum atomic E-state index is 0.402. The second-order valence-corrected chi connectivity index (χ2v) is 6.61. The van der Waals surface area contributed by atoms with Crippen LogP contribution in [-0.2, 0) is 4.74 Å². The molecule has 0 amide bonds. The van der Waals surface area contributed by atoms with Crippen LogP contribution >= 0.6 is 0 Å². The molecule has 1 saturated heterocycles. The summed E-state index contributed by atoms with van der Waals surface area (Å²) in [6.45, 7) is 13.0. The van der Waals surface area contributed by atoms with Crippen molar-refractivity contribution in [1.29, 1.82) is 0 Å². The van der Waals surface area contributed by atoms with E-state index in [2.05, 4.69) is 55.0 Å². The Morgan fingerprint density at radius 3 is 2.57 bits per heavy atom. The van der Waals surface area contributed by atoms with E-state index < -0.39 is 0 Å². The zero-order chi connectivity index (χ0) is 16.8. The summed E-state index contributed by atoms with van der Waals surface area (Å²) in [6.07, 6.45) is 0. The first-order valence-corrected chi connectivity index (χ1v) is 8.43. The van der Waals surface area contributed by atoms with Gasteiger partial charge in [-0.2, -0.15) is 0 Å². The van der Waals surface area contributed by atoms with Crippen molar-refractivity contribution in [2.75, 3.05) is 38.2 Å². The van der Waals surface area contributed by atoms with Crippen LogP contribution in [0.3, 0.4) is 0 Å². The summed E-state index contributed by atoms with van der Waals surface area (Å²) in [6, 6.07) is 6.63. The number of anilines is 1. The lowest BCUT2D eigenvalue weighted by Gasteiger charge is -2.36. The fraction of sp³-hybridized carbons (Fsp3) is 0.611. The largest absolute Gasteiger partial charge is 0.379 e. The normalized spacial score (nSPS) is 18.2. The molecular weight excluding hydrogens is 288 g/mol. The Hall–Kier alpha value is -1.59. The van der Waals surface area contributed by atoms with E-state index in [9.17, 15) is 0 Å². The lowest BCUT2D eigenvalue weighted by atomic mass is 10.0. The zero-order valence-corrected chi connectivity index (χ0v) is 14.8. The third-order valence-corrected chi connectivity index (χ3v) is 4.51. The number of aliphatic imine (C=N–C) groups is 1. The number of guanidine groups is 1. The number of benzene rings is 1. The van der Waals surface area contributed by atoms with E-state index >= 15 is 0 Å². The van der Waals surface area contributed by atoms with Crippen LogP contribution in [0.4, 0.5) is 5.69 Å². The molecule has 23 heavy (non-hydrogen) atoms. The molecule has 0 saturated carbocycles. The first kappa shape index (κ1) is 17.8. The fourth-order valence-corrected chi connectivity index (χ4v) is 2.86. The van der Waals surface area contributed by atoms with E-state index in [-0.39, 0.29) is 0 Å². The van der Waals surface area contributed by atoms with Crippen molar-refractivity contribution in [3.63, 3.8) is 0 Å². The molecule has 1 aliphatic heterocycles. The molecule has 1 aliphatic rings. The SMILES string of the molecule is Cc1ccc(NC(N)=NCC(C(C)C)N2CCOCC2)cc1C. The predicted octanol–water partition coefficient (Wildman–Crippen LogP) is 2.39. The second-order valence-electron chi connectivity index (χ2n) is 6.61. The van der Waals surface area contributed by atoms with Gasteiger partial charge in [0.15, 0.2) is 5.96 Å². The van der Waals surface area contributed by atoms with Gasteiger partial charge in [-0.1, -0.05) is 19.9 Å². The highest BCUT2D eigenvalue weighted by molar-refractivity contribution is 5.92. The van der Waals surface area contributed by atoms with Crippen molar-refractivity contribution in [2.24, 2.45) is 16.6 Å². The van der Waals surface area contributed by atoms with Crippen LogP contribution in [0.1, 0.15) is 25.0 Å². The summed E-state index contributed by atoms with van der Waals surface area (Å²) in [5.41, 5.74) is 9.58. The van der Waals surface area contributed by atoms with Gasteiger partial charge >= 0.3 is 0 Å². The lowest BCUT2D eigenvalue weighted by molar-refractivity contribution is 0.00870. The van der Waals surface area contributed by atoms with Gasteiger partial charge in [-0.05, 0) is 43.0 Å². The molecule has 3 N–H and O–H groups in total. The molecule has 0 aliphatic carbocycles. The molecule has 1 atom stereocenters. The van der Waals surface area contributed by atoms with Gasteiger partial charge in [0, 0.05) is 24.8 Å². The van der Waals surface area contributed by atoms with Gasteiger partial charge in [-0.15, -0.1) is 0 Å². The molecular formula is C18H30N4O. The maximum Gasteiger partial charge on any atom is 0.193 e. The van der Waals surface area contributed by atoms with Crippen LogP contribution < -0.4 is 11.1 Å². The molecule has 1 unspecified atom stereocenters. The Bertz CT molecular complexity index is 536. The molecule has 2 rings (SSSR count). The second kappa shape index (κ2) is 8.31. The van der Waals surface area contributed by atoms with Crippen molar-refractivity contribution in [3.05, 3.63) is 29.3 Å². The van der Waals surface area contributed by atoms with E-state index in [4.69, 9.17) is 10.5 Å². The highest BCUT2D eigenvalue weighted by Crippen LogP contribution is 2.15. The maximum atomic E-state index is 6.07. The third-order valence-electron chi connectivity index (χ3n) is 4.51. The monoisotopic (exact) mass is 318 g/mol. The fourth-order valence-electron chi connectivity index (χ4n) is 2.86. The topological polar surface area (TPSA) is 62.9 Å². The number of ether oxygens (including phenoxy) is 1. The number of morpholine rings is 1. The smallest absolute Gasteiger partial charge is 0.193 e. The number of nitrogens with zero attached hydrogens (tertiary/aromatic N) is 2. The zero-order valence-electron chi connectivity index (χ0n) is 14.8. The summed E-state index contributed by atoms with van der Waals surface area (Å²) in [5.74, 6) is 1.01. The average Bonchev–Trinajstić information content (AvgIpc) is 2.52. The minimum Gasteiger partial charge on any atom is -0.379 e. The summed E-state index contributed by atoms with van der Waals surface area (Å²) in [5, 5.41) is 3.19. The standard InChI is InChI=1S/C18H30N4O/c1-13(2)17(22-7-9-23-10-8-22)12-20-18(19)21-16-6-5-14(3)15(4)11-16/h5-6,11,13,17H,7-10,12H2,1-4H3,(H3,19,20,21). The molecule has 5 nitrogen and oxygen atoms in total. The Balaban J connectivity index is 1.96. The number of rotatable bonds is 5. The summed E-state index contributed by atoms with van der Waals surface area (Å²) in [7, 11) is 0. The Labute approximate surface area is 139 Å². The molecule has 1 aromatic rings. The van der Waals surface area contributed by atoms with Crippen molar-refractivity contribution in [3.8, 4) is 0 Å². The first-order chi connectivity index (χ1) is 11.0. The van der Waals surface area contributed by atoms with Crippen LogP contribution in [0.25, 0.3) is 0 Å². The highest BCUT2D eigenvalue weighted by Gasteiger charge is 2.23. The predicted molar refractivity (Wildman–Crippen MR) is 97.0 cm³/mol. The van der Waals surface area contributed by atoms with Gasteiger partial charge in [0.05, 0.1) is 19.8 Å². The number of aryl methyl sites for hydroxylation is 2. The van der Waals surface area contributed by atoms with E-state index in [1.54, 1.807) is 0 Å². The summed E-state index contributed by atoms with van der Waals surface area (Å²) < 4.78 is 5.44. The van der Waals surface area contributed by atoms with Crippen molar-refractivity contribution in [2.45, 2.75) is 33.7 Å². The van der Waals surface area contributed by atoms with Crippen LogP contribution in [0.15, 0.2) is 23.2 Å². The van der Waals surface area contributed by atoms with Crippen LogP contribution in [0.5, 0.6) is 0 Å².